The van der Waals surface area contributed by atoms with Gasteiger partial charge in [0.15, 0.2) is 0 Å². The molecule has 0 spiro atoms. The monoisotopic (exact) mass is 397 g/mol. The molecule has 0 saturated carbocycles. The van der Waals surface area contributed by atoms with E-state index in [1.54, 1.807) is 6.07 Å². The van der Waals surface area contributed by atoms with Crippen LogP contribution < -0.4 is 5.32 Å². The standard InChI is InChI=1S/C22H27N3O4/c1-22(2,3)20-14-17(11-12-24(20)21(26)27)23-18-13-16(9-10-19(18)25(28)29)15-7-5-4-6-8-15/h4-10,13,17,20,23H,11-12,14H2,1-3H3,(H,26,27). The molecule has 2 aromatic rings. The van der Waals surface area contributed by atoms with Gasteiger partial charge >= 0.3 is 6.09 Å². The Hall–Kier alpha value is -3.09. The second-order valence-corrected chi connectivity index (χ2v) is 8.58. The lowest BCUT2D eigenvalue weighted by atomic mass is 9.79. The zero-order chi connectivity index (χ0) is 21.2. The molecule has 29 heavy (non-hydrogen) atoms. The predicted octanol–water partition coefficient (Wildman–Crippen LogP) is 5.23. The van der Waals surface area contributed by atoms with Crippen molar-refractivity contribution in [1.82, 2.24) is 4.90 Å². The molecule has 2 N–H and O–H groups in total. The minimum absolute atomic E-state index is 0.0256. The van der Waals surface area contributed by atoms with E-state index in [1.807, 2.05) is 57.2 Å². The summed E-state index contributed by atoms with van der Waals surface area (Å²) in [5.41, 5.74) is 2.15. The minimum Gasteiger partial charge on any atom is -0.465 e. The van der Waals surface area contributed by atoms with E-state index in [-0.39, 0.29) is 28.1 Å². The van der Waals surface area contributed by atoms with E-state index < -0.39 is 6.09 Å². The van der Waals surface area contributed by atoms with Gasteiger partial charge in [0.2, 0.25) is 0 Å². The van der Waals surface area contributed by atoms with Crippen molar-refractivity contribution in [2.75, 3.05) is 11.9 Å². The highest BCUT2D eigenvalue weighted by Crippen LogP contribution is 2.36. The van der Waals surface area contributed by atoms with Gasteiger partial charge in [-0.2, -0.15) is 0 Å². The molecule has 1 amide bonds. The Balaban J connectivity index is 1.88. The van der Waals surface area contributed by atoms with Crippen LogP contribution in [0.15, 0.2) is 48.5 Å². The van der Waals surface area contributed by atoms with Gasteiger partial charge in [-0.05, 0) is 41.5 Å². The van der Waals surface area contributed by atoms with Crippen molar-refractivity contribution in [3.63, 3.8) is 0 Å². The van der Waals surface area contributed by atoms with Gasteiger partial charge < -0.3 is 15.3 Å². The first-order chi connectivity index (χ1) is 13.7. The zero-order valence-corrected chi connectivity index (χ0v) is 17.0. The van der Waals surface area contributed by atoms with Crippen LogP contribution in [0.2, 0.25) is 0 Å². The van der Waals surface area contributed by atoms with Gasteiger partial charge in [0.25, 0.3) is 5.69 Å². The van der Waals surface area contributed by atoms with Crippen LogP contribution in [0.25, 0.3) is 11.1 Å². The van der Waals surface area contributed by atoms with E-state index in [1.165, 1.54) is 11.0 Å². The first-order valence-corrected chi connectivity index (χ1v) is 9.77. The fraction of sp³-hybridized carbons (Fsp3) is 0.409. The number of amides is 1. The van der Waals surface area contributed by atoms with Crippen molar-refractivity contribution in [3.8, 4) is 11.1 Å². The van der Waals surface area contributed by atoms with Crippen LogP contribution in [0.1, 0.15) is 33.6 Å². The number of nitro benzene ring substituents is 1. The fourth-order valence-corrected chi connectivity index (χ4v) is 3.99. The highest BCUT2D eigenvalue weighted by molar-refractivity contribution is 5.74. The second kappa shape index (κ2) is 8.11. The van der Waals surface area contributed by atoms with Crippen LogP contribution in [0.4, 0.5) is 16.2 Å². The second-order valence-electron chi connectivity index (χ2n) is 8.58. The predicted molar refractivity (Wildman–Crippen MR) is 113 cm³/mol. The molecule has 1 aliphatic heterocycles. The van der Waals surface area contributed by atoms with Crippen LogP contribution in [-0.2, 0) is 0 Å². The number of likely N-dealkylation sites (tertiary alicyclic amines) is 1. The number of rotatable bonds is 4. The molecular formula is C22H27N3O4. The molecule has 7 heteroatoms. The Morgan fingerprint density at radius 1 is 1.17 bits per heavy atom. The molecule has 1 fully saturated rings. The Morgan fingerprint density at radius 3 is 2.45 bits per heavy atom. The van der Waals surface area contributed by atoms with Gasteiger partial charge in [0, 0.05) is 24.7 Å². The van der Waals surface area contributed by atoms with Gasteiger partial charge in [-0.15, -0.1) is 0 Å². The number of nitrogens with zero attached hydrogens (tertiary/aromatic N) is 2. The van der Waals surface area contributed by atoms with Crippen molar-refractivity contribution in [2.24, 2.45) is 5.41 Å². The van der Waals surface area contributed by atoms with Gasteiger partial charge in [-0.3, -0.25) is 10.1 Å². The number of piperidine rings is 1. The van der Waals surface area contributed by atoms with E-state index in [2.05, 4.69) is 5.32 Å². The average molecular weight is 397 g/mol. The van der Waals surface area contributed by atoms with Crippen molar-refractivity contribution < 1.29 is 14.8 Å². The molecule has 0 aromatic heterocycles. The topological polar surface area (TPSA) is 95.7 Å². The molecule has 0 radical (unpaired) electrons. The summed E-state index contributed by atoms with van der Waals surface area (Å²) < 4.78 is 0. The maximum Gasteiger partial charge on any atom is 0.407 e. The molecule has 2 atom stereocenters. The summed E-state index contributed by atoms with van der Waals surface area (Å²) in [4.78, 5) is 24.3. The normalized spacial score (nSPS) is 19.6. The Kier molecular flexibility index (Phi) is 5.77. The Labute approximate surface area is 170 Å². The molecule has 1 saturated heterocycles. The summed E-state index contributed by atoms with van der Waals surface area (Å²) in [6, 6.07) is 14.6. The maximum atomic E-state index is 11.6. The van der Waals surface area contributed by atoms with E-state index in [9.17, 15) is 20.0 Å². The molecular weight excluding hydrogens is 370 g/mol. The van der Waals surface area contributed by atoms with Crippen LogP contribution in [0, 0.1) is 15.5 Å². The molecule has 0 aliphatic carbocycles. The summed E-state index contributed by atoms with van der Waals surface area (Å²) in [6.45, 7) is 6.47. The molecule has 3 rings (SSSR count). The van der Waals surface area contributed by atoms with Crippen LogP contribution in [0.5, 0.6) is 0 Å². The largest absolute Gasteiger partial charge is 0.465 e. The van der Waals surface area contributed by atoms with Crippen molar-refractivity contribution in [1.29, 1.82) is 0 Å². The number of carboxylic acid groups (broad SMARTS) is 1. The van der Waals surface area contributed by atoms with E-state index >= 15 is 0 Å². The maximum absolute atomic E-state index is 11.6. The molecule has 0 bridgehead atoms. The number of nitrogens with one attached hydrogen (secondary N) is 1. The molecule has 154 valence electrons. The number of nitro groups is 1. The number of carbonyl (C=O) groups is 1. The number of hydrogen-bond donors (Lipinski definition) is 2. The lowest BCUT2D eigenvalue weighted by Crippen LogP contribution is -2.54. The van der Waals surface area contributed by atoms with Crippen LogP contribution >= 0.6 is 0 Å². The highest BCUT2D eigenvalue weighted by atomic mass is 16.6. The quantitative estimate of drug-likeness (QED) is 0.544. The first-order valence-electron chi connectivity index (χ1n) is 9.77. The zero-order valence-electron chi connectivity index (χ0n) is 17.0. The van der Waals surface area contributed by atoms with Crippen molar-refractivity contribution in [3.05, 3.63) is 58.6 Å². The van der Waals surface area contributed by atoms with Gasteiger partial charge in [-0.1, -0.05) is 51.1 Å². The number of hydrogen-bond acceptors (Lipinski definition) is 4. The van der Waals surface area contributed by atoms with Gasteiger partial charge in [0.05, 0.1) is 4.92 Å². The fourth-order valence-electron chi connectivity index (χ4n) is 3.99. The Bertz CT molecular complexity index is 893. The van der Waals surface area contributed by atoms with Gasteiger partial charge in [0.1, 0.15) is 5.69 Å². The molecule has 2 aromatic carbocycles. The van der Waals surface area contributed by atoms with Crippen molar-refractivity contribution in [2.45, 2.75) is 45.7 Å². The lowest BCUT2D eigenvalue weighted by molar-refractivity contribution is -0.384. The third-order valence-electron chi connectivity index (χ3n) is 5.51. The van der Waals surface area contributed by atoms with Crippen molar-refractivity contribution >= 4 is 17.5 Å². The third kappa shape index (κ3) is 4.67. The van der Waals surface area contributed by atoms with E-state index in [0.717, 1.165) is 11.1 Å². The molecule has 7 nitrogen and oxygen atoms in total. The summed E-state index contributed by atoms with van der Waals surface area (Å²) in [5, 5.41) is 24.4. The van der Waals surface area contributed by atoms with Crippen LogP contribution in [-0.4, -0.2) is 39.7 Å². The first kappa shape index (κ1) is 20.6. The summed E-state index contributed by atoms with van der Waals surface area (Å²) in [5.74, 6) is 0. The minimum atomic E-state index is -0.916. The summed E-state index contributed by atoms with van der Waals surface area (Å²) >= 11 is 0. The molecule has 1 heterocycles. The highest BCUT2D eigenvalue weighted by Gasteiger charge is 2.39. The summed E-state index contributed by atoms with van der Waals surface area (Å²) in [6.07, 6.45) is 0.286. The average Bonchev–Trinajstić information content (AvgIpc) is 2.67. The van der Waals surface area contributed by atoms with Gasteiger partial charge in [-0.25, -0.2) is 4.79 Å². The SMILES string of the molecule is CC(C)(C)C1CC(Nc2cc(-c3ccccc3)ccc2[N+](=O)[O-])CCN1C(=O)O. The number of benzene rings is 2. The molecule has 1 aliphatic rings. The Morgan fingerprint density at radius 2 is 1.86 bits per heavy atom. The smallest absolute Gasteiger partial charge is 0.407 e. The lowest BCUT2D eigenvalue weighted by Gasteiger charge is -2.44. The van der Waals surface area contributed by atoms with Crippen LogP contribution in [0.3, 0.4) is 0 Å². The molecule has 2 unspecified atom stereocenters. The third-order valence-corrected chi connectivity index (χ3v) is 5.51. The summed E-state index contributed by atoms with van der Waals surface area (Å²) in [7, 11) is 0. The van der Waals surface area contributed by atoms with E-state index in [4.69, 9.17) is 0 Å². The number of anilines is 1. The van der Waals surface area contributed by atoms with E-state index in [0.29, 0.717) is 25.1 Å².